The zero-order valence-corrected chi connectivity index (χ0v) is 25.0. The second-order valence-electron chi connectivity index (χ2n) is 10.5. The third kappa shape index (κ3) is 7.85. The molecule has 0 radical (unpaired) electrons. The van der Waals surface area contributed by atoms with E-state index in [-0.39, 0.29) is 29.8 Å². The monoisotopic (exact) mass is 583 g/mol. The maximum atomic E-state index is 14.4. The molecule has 4 aromatic carbocycles. The third-order valence-corrected chi connectivity index (χ3v) is 8.58. The smallest absolute Gasteiger partial charge is 0.264 e. The van der Waals surface area contributed by atoms with Crippen molar-refractivity contribution in [1.82, 2.24) is 10.2 Å². The molecular formula is C34H37N3O4S. The molecule has 4 rings (SSSR count). The lowest BCUT2D eigenvalue weighted by molar-refractivity contribution is -0.140. The Hall–Kier alpha value is -4.43. The molecule has 0 aliphatic heterocycles. The predicted molar refractivity (Wildman–Crippen MR) is 166 cm³/mol. The number of amides is 2. The molecule has 0 spiro atoms. The van der Waals surface area contributed by atoms with Gasteiger partial charge in [0.1, 0.15) is 12.6 Å². The van der Waals surface area contributed by atoms with Gasteiger partial charge in [0, 0.05) is 19.0 Å². The summed E-state index contributed by atoms with van der Waals surface area (Å²) in [6, 6.07) is 32.8. The minimum atomic E-state index is -4.10. The summed E-state index contributed by atoms with van der Waals surface area (Å²) in [6.45, 7) is 5.36. The highest BCUT2D eigenvalue weighted by Gasteiger charge is 2.34. The van der Waals surface area contributed by atoms with Crippen LogP contribution in [0, 0.1) is 6.92 Å². The zero-order valence-electron chi connectivity index (χ0n) is 24.2. The lowest BCUT2D eigenvalue weighted by atomic mass is 10.0. The Morgan fingerprint density at radius 3 is 1.93 bits per heavy atom. The molecule has 0 saturated heterocycles. The van der Waals surface area contributed by atoms with E-state index in [0.29, 0.717) is 5.69 Å². The summed E-state index contributed by atoms with van der Waals surface area (Å²) in [6.07, 6.45) is 0.272. The summed E-state index contributed by atoms with van der Waals surface area (Å²) in [5.41, 5.74) is 3.11. The van der Waals surface area contributed by atoms with Gasteiger partial charge in [0.2, 0.25) is 11.8 Å². The van der Waals surface area contributed by atoms with Crippen LogP contribution in [0.15, 0.2) is 120 Å². The third-order valence-electron chi connectivity index (χ3n) is 6.79. The lowest BCUT2D eigenvalue weighted by Gasteiger charge is -2.34. The van der Waals surface area contributed by atoms with E-state index in [1.54, 1.807) is 48.5 Å². The van der Waals surface area contributed by atoms with Crippen LogP contribution in [0.2, 0.25) is 0 Å². The van der Waals surface area contributed by atoms with Crippen molar-refractivity contribution in [1.29, 1.82) is 0 Å². The quantitative estimate of drug-likeness (QED) is 0.244. The molecule has 8 heteroatoms. The van der Waals surface area contributed by atoms with Crippen LogP contribution in [0.5, 0.6) is 0 Å². The molecule has 0 unspecified atom stereocenters. The molecule has 0 bridgehead atoms. The number of nitrogens with one attached hydrogen (secondary N) is 1. The van der Waals surface area contributed by atoms with Crippen LogP contribution in [0.3, 0.4) is 0 Å². The van der Waals surface area contributed by atoms with Crippen molar-refractivity contribution in [2.75, 3.05) is 10.8 Å². The van der Waals surface area contributed by atoms with Crippen LogP contribution in [-0.4, -0.2) is 43.8 Å². The van der Waals surface area contributed by atoms with Gasteiger partial charge in [0.25, 0.3) is 10.0 Å². The van der Waals surface area contributed by atoms with Crippen molar-refractivity contribution in [3.05, 3.63) is 132 Å². The number of sulfonamides is 1. The van der Waals surface area contributed by atoms with Gasteiger partial charge >= 0.3 is 0 Å². The molecule has 218 valence electrons. The Balaban J connectivity index is 1.78. The molecule has 0 aromatic heterocycles. The summed E-state index contributed by atoms with van der Waals surface area (Å²) in [5, 5.41) is 2.97. The molecular weight excluding hydrogens is 546 g/mol. The molecule has 7 nitrogen and oxygen atoms in total. The van der Waals surface area contributed by atoms with E-state index in [9.17, 15) is 18.0 Å². The average molecular weight is 584 g/mol. The van der Waals surface area contributed by atoms with Crippen molar-refractivity contribution in [3.63, 3.8) is 0 Å². The topological polar surface area (TPSA) is 86.8 Å². The van der Waals surface area contributed by atoms with Gasteiger partial charge in [0.15, 0.2) is 0 Å². The fourth-order valence-corrected chi connectivity index (χ4v) is 6.22. The highest BCUT2D eigenvalue weighted by Crippen LogP contribution is 2.25. The Kier molecular flexibility index (Phi) is 10.1. The number of aryl methyl sites for hydroxylation is 1. The van der Waals surface area contributed by atoms with Crippen molar-refractivity contribution < 1.29 is 18.0 Å². The first kappa shape index (κ1) is 30.5. The highest BCUT2D eigenvalue weighted by atomic mass is 32.2. The summed E-state index contributed by atoms with van der Waals surface area (Å²) >= 11 is 0. The summed E-state index contributed by atoms with van der Waals surface area (Å²) in [7, 11) is -4.10. The number of para-hydroxylation sites is 1. The normalized spacial score (nSPS) is 12.0. The molecule has 0 aliphatic rings. The molecule has 1 N–H and O–H groups in total. The van der Waals surface area contributed by atoms with Crippen molar-refractivity contribution >= 4 is 27.5 Å². The summed E-state index contributed by atoms with van der Waals surface area (Å²) < 4.78 is 28.9. The van der Waals surface area contributed by atoms with Crippen LogP contribution in [0.25, 0.3) is 0 Å². The van der Waals surface area contributed by atoms with Gasteiger partial charge in [0.05, 0.1) is 10.6 Å². The van der Waals surface area contributed by atoms with E-state index in [2.05, 4.69) is 5.32 Å². The van der Waals surface area contributed by atoms with Crippen molar-refractivity contribution in [2.24, 2.45) is 0 Å². The Morgan fingerprint density at radius 2 is 1.33 bits per heavy atom. The lowest BCUT2D eigenvalue weighted by Crippen LogP contribution is -2.54. The van der Waals surface area contributed by atoms with Crippen LogP contribution >= 0.6 is 0 Å². The first-order valence-corrected chi connectivity index (χ1v) is 15.4. The predicted octanol–water partition coefficient (Wildman–Crippen LogP) is 5.36. The number of carbonyl (C=O) groups is 2. The molecule has 0 aliphatic carbocycles. The van der Waals surface area contributed by atoms with E-state index in [0.717, 1.165) is 21.0 Å². The van der Waals surface area contributed by atoms with E-state index in [1.807, 2.05) is 75.4 Å². The molecule has 42 heavy (non-hydrogen) atoms. The van der Waals surface area contributed by atoms with Gasteiger partial charge < -0.3 is 10.2 Å². The Labute approximate surface area is 248 Å². The zero-order chi connectivity index (χ0) is 30.1. The largest absolute Gasteiger partial charge is 0.352 e. The van der Waals surface area contributed by atoms with Crippen molar-refractivity contribution in [3.8, 4) is 0 Å². The maximum Gasteiger partial charge on any atom is 0.264 e. The average Bonchev–Trinajstić information content (AvgIpc) is 2.98. The standard InChI is InChI=1S/C34H37N3O4S/c1-26(2)35-34(39)32(23-28-15-7-4-8-16-28)36(24-29-17-13-14-27(3)22-29)33(38)25-37(30-18-9-5-10-19-30)42(40,41)31-20-11-6-12-21-31/h4-22,26,32H,23-25H2,1-3H3,(H,35,39)/t32-/m0/s1. The SMILES string of the molecule is Cc1cccc(CN(C(=O)CN(c2ccccc2)S(=O)(=O)c2ccccc2)[C@@H](Cc2ccccc2)C(=O)NC(C)C)c1. The van der Waals surface area contributed by atoms with Gasteiger partial charge in [-0.2, -0.15) is 0 Å². The molecule has 0 heterocycles. The van der Waals surface area contributed by atoms with Crippen LogP contribution < -0.4 is 9.62 Å². The number of carbonyl (C=O) groups excluding carboxylic acids is 2. The minimum absolute atomic E-state index is 0.0743. The van der Waals surface area contributed by atoms with Gasteiger partial charge in [-0.25, -0.2) is 8.42 Å². The molecule has 1 atom stereocenters. The Bertz CT molecular complexity index is 1580. The minimum Gasteiger partial charge on any atom is -0.352 e. The molecule has 0 saturated carbocycles. The van der Waals surface area contributed by atoms with E-state index < -0.39 is 28.5 Å². The number of benzene rings is 4. The van der Waals surface area contributed by atoms with Crippen LogP contribution in [0.1, 0.15) is 30.5 Å². The van der Waals surface area contributed by atoms with Crippen LogP contribution in [-0.2, 0) is 32.6 Å². The second-order valence-corrected chi connectivity index (χ2v) is 12.4. The fraction of sp³-hybridized carbons (Fsp3) is 0.235. The number of nitrogens with zero attached hydrogens (tertiary/aromatic N) is 2. The van der Waals surface area contributed by atoms with Gasteiger partial charge in [-0.1, -0.05) is 96.6 Å². The molecule has 2 amide bonds. The van der Waals surface area contributed by atoms with Gasteiger partial charge in [-0.15, -0.1) is 0 Å². The molecule has 4 aromatic rings. The first-order chi connectivity index (χ1) is 20.1. The maximum absolute atomic E-state index is 14.4. The number of rotatable bonds is 12. The van der Waals surface area contributed by atoms with Gasteiger partial charge in [-0.3, -0.25) is 13.9 Å². The fourth-order valence-electron chi connectivity index (χ4n) is 4.78. The summed E-state index contributed by atoms with van der Waals surface area (Å²) in [5.74, 6) is -0.785. The number of hydrogen-bond donors (Lipinski definition) is 1. The summed E-state index contributed by atoms with van der Waals surface area (Å²) in [4.78, 5) is 29.6. The molecule has 0 fully saturated rings. The second kappa shape index (κ2) is 14.0. The number of hydrogen-bond acceptors (Lipinski definition) is 4. The van der Waals surface area contributed by atoms with Crippen molar-refractivity contribution in [2.45, 2.75) is 50.7 Å². The highest BCUT2D eigenvalue weighted by molar-refractivity contribution is 7.92. The van der Waals surface area contributed by atoms with E-state index >= 15 is 0 Å². The van der Waals surface area contributed by atoms with Crippen LogP contribution in [0.4, 0.5) is 5.69 Å². The number of anilines is 1. The Morgan fingerprint density at radius 1 is 0.762 bits per heavy atom. The van der Waals surface area contributed by atoms with E-state index in [1.165, 1.54) is 17.0 Å². The van der Waals surface area contributed by atoms with Gasteiger partial charge in [-0.05, 0) is 56.2 Å². The van der Waals surface area contributed by atoms with E-state index in [4.69, 9.17) is 0 Å². The first-order valence-electron chi connectivity index (χ1n) is 14.0.